The minimum absolute atomic E-state index is 0.220. The summed E-state index contributed by atoms with van der Waals surface area (Å²) in [7, 11) is 1.31. The van der Waals surface area contributed by atoms with E-state index in [1.807, 2.05) is 0 Å². The van der Waals surface area contributed by atoms with Crippen molar-refractivity contribution in [3.8, 4) is 0 Å². The van der Waals surface area contributed by atoms with Crippen molar-refractivity contribution >= 4 is 28.2 Å². The monoisotopic (exact) mass is 251 g/mol. The lowest BCUT2D eigenvalue weighted by Gasteiger charge is -1.98. The number of carbonyl (C=O) groups excluding carboxylic acids is 2. The van der Waals surface area contributed by atoms with Gasteiger partial charge in [-0.2, -0.15) is 0 Å². The summed E-state index contributed by atoms with van der Waals surface area (Å²) in [6.45, 7) is 0. The molecule has 0 fully saturated rings. The first kappa shape index (κ1) is 11.4. The fourth-order valence-electron chi connectivity index (χ4n) is 1.20. The van der Waals surface area contributed by atoms with Gasteiger partial charge in [-0.25, -0.2) is 4.79 Å². The van der Waals surface area contributed by atoms with Crippen molar-refractivity contribution in [2.75, 3.05) is 12.4 Å². The third-order valence-electron chi connectivity index (χ3n) is 1.97. The molecular weight excluding hydrogens is 242 g/mol. The first-order valence-electron chi connectivity index (χ1n) is 4.73. The van der Waals surface area contributed by atoms with Crippen molar-refractivity contribution in [2.24, 2.45) is 0 Å². The number of thiophene rings is 1. The fourth-order valence-corrected chi connectivity index (χ4v) is 2.02. The van der Waals surface area contributed by atoms with Gasteiger partial charge in [-0.1, -0.05) is 0 Å². The Morgan fingerprint density at radius 3 is 2.82 bits per heavy atom. The third-order valence-corrected chi connectivity index (χ3v) is 2.95. The van der Waals surface area contributed by atoms with E-state index in [-0.39, 0.29) is 11.7 Å². The van der Waals surface area contributed by atoms with Crippen molar-refractivity contribution in [3.05, 3.63) is 41.2 Å². The molecule has 0 saturated carbocycles. The molecule has 0 spiro atoms. The Balaban J connectivity index is 2.07. The summed E-state index contributed by atoms with van der Waals surface area (Å²) in [6, 6.07) is 6.42. The minimum atomic E-state index is -0.423. The molecule has 0 saturated heterocycles. The molecule has 0 aliphatic rings. The quantitative estimate of drug-likeness (QED) is 0.850. The Morgan fingerprint density at radius 1 is 1.35 bits per heavy atom. The molecule has 0 aliphatic heterocycles. The van der Waals surface area contributed by atoms with Crippen LogP contribution in [0.25, 0.3) is 0 Å². The van der Waals surface area contributed by atoms with Gasteiger partial charge in [-0.05, 0) is 24.3 Å². The van der Waals surface area contributed by atoms with Gasteiger partial charge in [0.15, 0.2) is 5.76 Å². The predicted octanol–water partition coefficient (Wildman–Crippen LogP) is 2.38. The number of amides is 1. The Bertz CT molecular complexity index is 529. The summed E-state index contributed by atoms with van der Waals surface area (Å²) in [6.07, 6.45) is 1.42. The predicted molar refractivity (Wildman–Crippen MR) is 62.3 cm³/mol. The second kappa shape index (κ2) is 4.84. The number of hydrogen-bond acceptors (Lipinski definition) is 5. The van der Waals surface area contributed by atoms with Gasteiger partial charge in [-0.3, -0.25) is 4.79 Å². The van der Waals surface area contributed by atoms with Crippen molar-refractivity contribution in [1.82, 2.24) is 0 Å². The molecule has 0 aliphatic carbocycles. The first-order chi connectivity index (χ1) is 8.20. The van der Waals surface area contributed by atoms with Crippen LogP contribution < -0.4 is 5.32 Å². The molecule has 5 nitrogen and oxygen atoms in total. The Kier molecular flexibility index (Phi) is 3.24. The molecule has 2 rings (SSSR count). The van der Waals surface area contributed by atoms with Gasteiger partial charge in [-0.15, -0.1) is 11.3 Å². The molecular formula is C11H9NO4S. The average Bonchev–Trinajstić information content (AvgIpc) is 2.98. The molecule has 2 aromatic heterocycles. The Labute approximate surface area is 101 Å². The molecule has 0 radical (unpaired) electrons. The Morgan fingerprint density at radius 2 is 2.18 bits per heavy atom. The van der Waals surface area contributed by atoms with E-state index in [1.165, 1.54) is 13.4 Å². The fraction of sp³-hybridized carbons (Fsp3) is 0.0909. The molecule has 0 atom stereocenters. The lowest BCUT2D eigenvalue weighted by Crippen LogP contribution is -2.09. The summed E-state index contributed by atoms with van der Waals surface area (Å²) in [4.78, 5) is 23.2. The zero-order chi connectivity index (χ0) is 12.3. The highest BCUT2D eigenvalue weighted by atomic mass is 32.1. The summed E-state index contributed by atoms with van der Waals surface area (Å²) in [5, 5.41) is 3.18. The smallest absolute Gasteiger partial charge is 0.348 e. The number of rotatable bonds is 3. The third kappa shape index (κ3) is 2.54. The van der Waals surface area contributed by atoms with Gasteiger partial charge >= 0.3 is 5.97 Å². The molecule has 17 heavy (non-hydrogen) atoms. The van der Waals surface area contributed by atoms with E-state index >= 15 is 0 Å². The normalized spacial score (nSPS) is 9.94. The topological polar surface area (TPSA) is 68.5 Å². The van der Waals surface area contributed by atoms with Crippen LogP contribution in [-0.4, -0.2) is 19.0 Å². The molecule has 0 unspecified atom stereocenters. The number of carbonyl (C=O) groups is 2. The lowest BCUT2D eigenvalue weighted by molar-refractivity contribution is 0.0606. The van der Waals surface area contributed by atoms with E-state index in [0.717, 1.165) is 11.3 Å². The second-order valence-electron chi connectivity index (χ2n) is 3.09. The molecule has 2 heterocycles. The standard InChI is InChI=1S/C11H9NO4S/c1-15-11(14)8-4-5-9(17-8)12-10(13)7-3-2-6-16-7/h2-6H,1H3,(H,12,13). The van der Waals surface area contributed by atoms with E-state index < -0.39 is 5.97 Å². The van der Waals surface area contributed by atoms with Crippen LogP contribution in [0.3, 0.4) is 0 Å². The van der Waals surface area contributed by atoms with E-state index in [4.69, 9.17) is 4.42 Å². The minimum Gasteiger partial charge on any atom is -0.465 e. The molecule has 1 amide bonds. The Hall–Kier alpha value is -2.08. The highest BCUT2D eigenvalue weighted by Crippen LogP contribution is 2.23. The maximum atomic E-state index is 11.6. The van der Waals surface area contributed by atoms with Crippen molar-refractivity contribution in [2.45, 2.75) is 0 Å². The molecule has 6 heteroatoms. The molecule has 88 valence electrons. The summed E-state index contributed by atoms with van der Waals surface area (Å²) < 4.78 is 9.51. The maximum Gasteiger partial charge on any atom is 0.348 e. The van der Waals surface area contributed by atoms with Crippen molar-refractivity contribution in [1.29, 1.82) is 0 Å². The summed E-state index contributed by atoms with van der Waals surface area (Å²) >= 11 is 1.14. The maximum absolute atomic E-state index is 11.6. The van der Waals surface area contributed by atoms with Crippen LogP contribution >= 0.6 is 11.3 Å². The molecule has 0 bridgehead atoms. The number of anilines is 1. The molecule has 0 aromatic carbocycles. The van der Waals surface area contributed by atoms with E-state index in [0.29, 0.717) is 9.88 Å². The van der Waals surface area contributed by atoms with Gasteiger partial charge in [0.2, 0.25) is 0 Å². The largest absolute Gasteiger partial charge is 0.465 e. The lowest BCUT2D eigenvalue weighted by atomic mass is 10.4. The van der Waals surface area contributed by atoms with Gasteiger partial charge in [0, 0.05) is 0 Å². The van der Waals surface area contributed by atoms with Gasteiger partial charge in [0.1, 0.15) is 4.88 Å². The first-order valence-corrected chi connectivity index (χ1v) is 5.55. The summed E-state index contributed by atoms with van der Waals surface area (Å²) in [5.74, 6) is -0.556. The summed E-state index contributed by atoms with van der Waals surface area (Å²) in [5.41, 5.74) is 0. The van der Waals surface area contributed by atoms with Crippen LogP contribution in [0.1, 0.15) is 20.2 Å². The number of esters is 1. The van der Waals surface area contributed by atoms with Gasteiger partial charge < -0.3 is 14.5 Å². The molecule has 1 N–H and O–H groups in total. The number of furan rings is 1. The van der Waals surface area contributed by atoms with Crippen LogP contribution in [-0.2, 0) is 4.74 Å². The van der Waals surface area contributed by atoms with Crippen LogP contribution in [0.5, 0.6) is 0 Å². The van der Waals surface area contributed by atoms with Crippen LogP contribution in [0.4, 0.5) is 5.00 Å². The zero-order valence-corrected chi connectivity index (χ0v) is 9.74. The number of methoxy groups -OCH3 is 1. The van der Waals surface area contributed by atoms with E-state index in [2.05, 4.69) is 10.1 Å². The van der Waals surface area contributed by atoms with Gasteiger partial charge in [0.05, 0.1) is 18.4 Å². The highest BCUT2D eigenvalue weighted by molar-refractivity contribution is 7.18. The highest BCUT2D eigenvalue weighted by Gasteiger charge is 2.13. The number of hydrogen-bond donors (Lipinski definition) is 1. The van der Waals surface area contributed by atoms with E-state index in [1.54, 1.807) is 24.3 Å². The second-order valence-corrected chi connectivity index (χ2v) is 4.17. The SMILES string of the molecule is COC(=O)c1ccc(NC(=O)c2ccco2)s1. The average molecular weight is 251 g/mol. The van der Waals surface area contributed by atoms with Gasteiger partial charge in [0.25, 0.3) is 5.91 Å². The zero-order valence-electron chi connectivity index (χ0n) is 8.93. The number of nitrogens with one attached hydrogen (secondary N) is 1. The van der Waals surface area contributed by atoms with Crippen LogP contribution in [0, 0.1) is 0 Å². The van der Waals surface area contributed by atoms with Crippen molar-refractivity contribution < 1.29 is 18.7 Å². The van der Waals surface area contributed by atoms with Crippen LogP contribution in [0.15, 0.2) is 34.9 Å². The van der Waals surface area contributed by atoms with Crippen LogP contribution in [0.2, 0.25) is 0 Å². The van der Waals surface area contributed by atoms with E-state index in [9.17, 15) is 9.59 Å². The number of ether oxygens (including phenoxy) is 1. The van der Waals surface area contributed by atoms with Crippen molar-refractivity contribution in [3.63, 3.8) is 0 Å². The molecule has 2 aromatic rings.